The fraction of sp³-hybridized carbons (Fsp3) is 0.250. The van der Waals surface area contributed by atoms with Crippen LogP contribution in [0.5, 0.6) is 0 Å². The molecule has 0 aliphatic carbocycles. The second kappa shape index (κ2) is 5.58. The molecule has 2 aromatic rings. The van der Waals surface area contributed by atoms with Crippen molar-refractivity contribution < 1.29 is 22.7 Å². The lowest BCUT2D eigenvalue weighted by atomic mass is 10.2. The summed E-state index contributed by atoms with van der Waals surface area (Å²) >= 11 is 0.797. The molecule has 0 atom stereocenters. The van der Waals surface area contributed by atoms with Crippen LogP contribution in [0, 0.1) is 6.92 Å². The molecule has 0 amide bonds. The molecule has 0 unspecified atom stereocenters. The molecule has 2 rings (SSSR count). The van der Waals surface area contributed by atoms with E-state index in [0.29, 0.717) is 11.1 Å². The van der Waals surface area contributed by atoms with Crippen LogP contribution in [0.3, 0.4) is 0 Å². The topological polar surface area (TPSA) is 52.1 Å². The second-order valence-electron chi connectivity index (χ2n) is 3.89. The minimum atomic E-state index is -4.49. The lowest BCUT2D eigenvalue weighted by Gasteiger charge is -2.05. The zero-order chi connectivity index (χ0) is 14.8. The van der Waals surface area contributed by atoms with Gasteiger partial charge in [-0.3, -0.25) is 4.98 Å². The van der Waals surface area contributed by atoms with E-state index in [4.69, 9.17) is 4.74 Å². The van der Waals surface area contributed by atoms with Crippen LogP contribution in [0.4, 0.5) is 13.2 Å². The van der Waals surface area contributed by atoms with E-state index >= 15 is 0 Å². The molecule has 0 aromatic carbocycles. The van der Waals surface area contributed by atoms with Crippen LogP contribution in [0.2, 0.25) is 0 Å². The molecule has 0 aliphatic rings. The Labute approximate surface area is 116 Å². The number of rotatable bonds is 3. The monoisotopic (exact) mass is 302 g/mol. The number of alkyl halides is 3. The molecule has 8 heteroatoms. The van der Waals surface area contributed by atoms with Gasteiger partial charge in [0.15, 0.2) is 5.69 Å². The Kier molecular flexibility index (Phi) is 4.03. The molecule has 0 bridgehead atoms. The van der Waals surface area contributed by atoms with E-state index < -0.39 is 17.8 Å². The number of nitrogens with zero attached hydrogens (tertiary/aromatic N) is 2. The van der Waals surface area contributed by atoms with E-state index in [-0.39, 0.29) is 11.6 Å². The minimum Gasteiger partial charge on any atom is -0.455 e. The van der Waals surface area contributed by atoms with Gasteiger partial charge in [0.25, 0.3) is 0 Å². The van der Waals surface area contributed by atoms with E-state index in [9.17, 15) is 18.0 Å². The molecule has 2 heterocycles. The molecule has 20 heavy (non-hydrogen) atoms. The predicted octanol–water partition coefficient (Wildman–Crippen LogP) is 3.22. The van der Waals surface area contributed by atoms with Crippen molar-refractivity contribution in [2.24, 2.45) is 0 Å². The van der Waals surface area contributed by atoms with Crippen LogP contribution in [0.1, 0.15) is 26.6 Å². The number of carbonyl (C=O) groups excluding carboxylic acids is 1. The highest BCUT2D eigenvalue weighted by molar-refractivity contribution is 7.09. The molecule has 4 nitrogen and oxygen atoms in total. The van der Waals surface area contributed by atoms with Crippen molar-refractivity contribution in [3.05, 3.63) is 45.7 Å². The molecule has 0 N–H and O–H groups in total. The highest BCUT2D eigenvalue weighted by Crippen LogP contribution is 2.30. The average Bonchev–Trinajstić information content (AvgIpc) is 2.85. The molecule has 106 valence electrons. The zero-order valence-electron chi connectivity index (χ0n) is 10.3. The summed E-state index contributed by atoms with van der Waals surface area (Å²) in [5, 5.41) is 0.985. The Bertz CT molecular complexity index is 625. The SMILES string of the molecule is Cc1cnccc1C(=O)OCc1nc(C(F)(F)F)cs1. The van der Waals surface area contributed by atoms with Crippen LogP contribution in [-0.4, -0.2) is 15.9 Å². The molecule has 0 saturated carbocycles. The number of esters is 1. The summed E-state index contributed by atoms with van der Waals surface area (Å²) in [7, 11) is 0. The average molecular weight is 302 g/mol. The molecular formula is C12H9F3N2O2S. The number of aromatic nitrogens is 2. The normalized spacial score (nSPS) is 11.4. The molecule has 0 radical (unpaired) electrons. The summed E-state index contributed by atoms with van der Waals surface area (Å²) < 4.78 is 42.0. The van der Waals surface area contributed by atoms with E-state index in [1.807, 2.05) is 0 Å². The third-order valence-electron chi connectivity index (χ3n) is 2.41. The van der Waals surface area contributed by atoms with Crippen molar-refractivity contribution in [3.63, 3.8) is 0 Å². The van der Waals surface area contributed by atoms with Gasteiger partial charge >= 0.3 is 12.1 Å². The standard InChI is InChI=1S/C12H9F3N2O2S/c1-7-4-16-3-2-8(7)11(18)19-5-10-17-9(6-20-10)12(13,14)15/h2-4,6H,5H2,1H3. The number of halogens is 3. The van der Waals surface area contributed by atoms with Gasteiger partial charge in [-0.1, -0.05) is 0 Å². The van der Waals surface area contributed by atoms with Crippen LogP contribution < -0.4 is 0 Å². The first-order valence-electron chi connectivity index (χ1n) is 5.47. The van der Waals surface area contributed by atoms with E-state index in [0.717, 1.165) is 16.7 Å². The number of aryl methyl sites for hydroxylation is 1. The zero-order valence-corrected chi connectivity index (χ0v) is 11.1. The maximum atomic E-state index is 12.3. The van der Waals surface area contributed by atoms with Crippen molar-refractivity contribution in [1.29, 1.82) is 0 Å². The van der Waals surface area contributed by atoms with Crippen LogP contribution in [-0.2, 0) is 17.5 Å². The van der Waals surface area contributed by atoms with E-state index in [1.165, 1.54) is 18.5 Å². The fourth-order valence-electron chi connectivity index (χ4n) is 1.41. The largest absolute Gasteiger partial charge is 0.455 e. The van der Waals surface area contributed by atoms with Gasteiger partial charge in [0.1, 0.15) is 11.6 Å². The Hall–Kier alpha value is -1.96. The number of thiazole rings is 1. The first-order chi connectivity index (χ1) is 9.38. The maximum Gasteiger partial charge on any atom is 0.434 e. The number of hydrogen-bond acceptors (Lipinski definition) is 5. The van der Waals surface area contributed by atoms with Crippen LogP contribution >= 0.6 is 11.3 Å². The summed E-state index contributed by atoms with van der Waals surface area (Å²) in [4.78, 5) is 19.0. The Morgan fingerprint density at radius 2 is 2.20 bits per heavy atom. The fourth-order valence-corrected chi connectivity index (χ4v) is 2.13. The molecule has 0 aliphatic heterocycles. The van der Waals surface area contributed by atoms with E-state index in [2.05, 4.69) is 9.97 Å². The van der Waals surface area contributed by atoms with Crippen molar-refractivity contribution >= 4 is 17.3 Å². The lowest BCUT2D eigenvalue weighted by Crippen LogP contribution is -2.08. The van der Waals surface area contributed by atoms with Gasteiger partial charge in [-0.25, -0.2) is 9.78 Å². The van der Waals surface area contributed by atoms with Gasteiger partial charge in [-0.15, -0.1) is 11.3 Å². The van der Waals surface area contributed by atoms with E-state index in [1.54, 1.807) is 6.92 Å². The van der Waals surface area contributed by atoms with Crippen molar-refractivity contribution in [3.8, 4) is 0 Å². The van der Waals surface area contributed by atoms with Gasteiger partial charge in [-0.05, 0) is 18.6 Å². The third kappa shape index (κ3) is 3.32. The quantitative estimate of drug-likeness (QED) is 0.817. The lowest BCUT2D eigenvalue weighted by molar-refractivity contribution is -0.140. The molecule has 2 aromatic heterocycles. The number of ether oxygens (including phenoxy) is 1. The summed E-state index contributed by atoms with van der Waals surface area (Å²) in [5.41, 5.74) is -0.0196. The highest BCUT2D eigenvalue weighted by atomic mass is 32.1. The van der Waals surface area contributed by atoms with Gasteiger partial charge in [0.2, 0.25) is 0 Å². The molecule has 0 spiro atoms. The maximum absolute atomic E-state index is 12.3. The van der Waals surface area contributed by atoms with Crippen molar-refractivity contribution in [2.45, 2.75) is 19.7 Å². The third-order valence-corrected chi connectivity index (χ3v) is 3.23. The van der Waals surface area contributed by atoms with Crippen LogP contribution in [0.15, 0.2) is 23.8 Å². The Balaban J connectivity index is 2.01. The van der Waals surface area contributed by atoms with Gasteiger partial charge < -0.3 is 4.74 Å². The molecular weight excluding hydrogens is 293 g/mol. The van der Waals surface area contributed by atoms with Gasteiger partial charge in [0.05, 0.1) is 5.56 Å². The predicted molar refractivity (Wildman–Crippen MR) is 65.2 cm³/mol. The first kappa shape index (κ1) is 14.4. The number of hydrogen-bond donors (Lipinski definition) is 0. The minimum absolute atomic E-state index is 0.0948. The van der Waals surface area contributed by atoms with Gasteiger partial charge in [-0.2, -0.15) is 13.2 Å². The van der Waals surface area contributed by atoms with Crippen molar-refractivity contribution in [1.82, 2.24) is 9.97 Å². The van der Waals surface area contributed by atoms with Gasteiger partial charge in [0, 0.05) is 17.8 Å². The molecule has 0 saturated heterocycles. The Morgan fingerprint density at radius 1 is 1.45 bits per heavy atom. The smallest absolute Gasteiger partial charge is 0.434 e. The summed E-state index contributed by atoms with van der Waals surface area (Å²) in [6.45, 7) is 1.40. The second-order valence-corrected chi connectivity index (χ2v) is 4.83. The first-order valence-corrected chi connectivity index (χ1v) is 6.35. The summed E-state index contributed by atoms with van der Waals surface area (Å²) in [5.74, 6) is -0.617. The Morgan fingerprint density at radius 3 is 2.80 bits per heavy atom. The van der Waals surface area contributed by atoms with Crippen LogP contribution in [0.25, 0.3) is 0 Å². The number of carbonyl (C=O) groups is 1. The summed E-state index contributed by atoms with van der Waals surface area (Å²) in [6, 6.07) is 1.49. The summed E-state index contributed by atoms with van der Waals surface area (Å²) in [6.07, 6.45) is -1.54. The number of pyridine rings is 1. The highest BCUT2D eigenvalue weighted by Gasteiger charge is 2.33. The molecule has 0 fully saturated rings. The van der Waals surface area contributed by atoms with Crippen molar-refractivity contribution in [2.75, 3.05) is 0 Å².